The molecule has 0 unspecified atom stereocenters. The predicted molar refractivity (Wildman–Crippen MR) is 341 cm³/mol. The number of carboxylic acid groups (broad SMARTS) is 4. The van der Waals surface area contributed by atoms with E-state index in [4.69, 9.17) is 0 Å². The van der Waals surface area contributed by atoms with Crippen LogP contribution < -0.4 is 0 Å². The van der Waals surface area contributed by atoms with E-state index in [1.54, 1.807) is 180 Å². The third kappa shape index (κ3) is 12.8. The minimum absolute atomic E-state index is 0. The monoisotopic (exact) mass is 1450 g/mol. The molecule has 0 bridgehead atoms. The fourth-order valence-electron chi connectivity index (χ4n) is 12.5. The van der Waals surface area contributed by atoms with Crippen LogP contribution in [0.1, 0.15) is 166 Å². The van der Waals surface area contributed by atoms with Crippen LogP contribution in [0.5, 0.6) is 0 Å². The Labute approximate surface area is 566 Å². The second-order valence-electron chi connectivity index (χ2n) is 27.2. The van der Waals surface area contributed by atoms with Gasteiger partial charge in [-0.2, -0.15) is 0 Å². The van der Waals surface area contributed by atoms with E-state index >= 15 is 0 Å². The van der Waals surface area contributed by atoms with E-state index in [2.05, 4.69) is 0 Å². The number of rotatable bonds is 8. The van der Waals surface area contributed by atoms with Gasteiger partial charge in [0.05, 0.1) is 44.5 Å². The maximum absolute atomic E-state index is 12.9. The van der Waals surface area contributed by atoms with Crippen LogP contribution in [0, 0.1) is 21.7 Å². The molecule has 8 amide bonds. The van der Waals surface area contributed by atoms with Crippen LogP contribution in [0.15, 0.2) is 146 Å². The van der Waals surface area contributed by atoms with Gasteiger partial charge in [0, 0.05) is 39.0 Å². The van der Waals surface area contributed by atoms with E-state index in [1.807, 2.05) is 48.5 Å². The van der Waals surface area contributed by atoms with Gasteiger partial charge in [-0.05, 0) is 89.0 Å². The second-order valence-corrected chi connectivity index (χ2v) is 27.2. The molecule has 0 saturated carbocycles. The van der Waals surface area contributed by atoms with E-state index in [0.717, 1.165) is 41.1 Å². The van der Waals surface area contributed by atoms with Crippen LogP contribution in [0.25, 0.3) is 43.1 Å². The molecule has 4 aliphatic rings. The molecule has 4 N–H and O–H groups in total. The van der Waals surface area contributed by atoms with Gasteiger partial charge in [0.1, 0.15) is 24.2 Å². The summed E-state index contributed by atoms with van der Waals surface area (Å²) in [7, 11) is 0. The molecule has 4 aliphatic heterocycles. The smallest absolute Gasteiger partial charge is 0.327 e. The summed E-state index contributed by atoms with van der Waals surface area (Å²) >= 11 is 0. The van der Waals surface area contributed by atoms with Gasteiger partial charge in [-0.1, -0.05) is 204 Å². The zero-order valence-electron chi connectivity index (χ0n) is 53.3. The molecule has 0 spiro atoms. The third-order valence-corrected chi connectivity index (χ3v) is 16.5. The van der Waals surface area contributed by atoms with Crippen LogP contribution in [0.2, 0.25) is 0 Å². The Balaban J connectivity index is 0.000000176. The summed E-state index contributed by atoms with van der Waals surface area (Å²) in [6, 6.07) is 37.7. The van der Waals surface area contributed by atoms with Crippen molar-refractivity contribution in [1.82, 2.24) is 19.6 Å². The van der Waals surface area contributed by atoms with Crippen molar-refractivity contribution in [2.75, 3.05) is 0 Å². The van der Waals surface area contributed by atoms with Crippen molar-refractivity contribution >= 4 is 114 Å². The number of imide groups is 4. The van der Waals surface area contributed by atoms with Gasteiger partial charge >= 0.3 is 23.9 Å². The molecule has 490 valence electrons. The standard InChI is InChI=1S/4C18H17NO4.2Rh/c4*1-18(2,3)14(17(22)23)19-15(20)12-9-8-10-6-4-5-7-11(10)13(12)16(19)21;;/h4*4-9,14H,1-3H3,(H,22,23);;/t4*14-;;/m1111../s1. The Hall–Kier alpha value is -9.51. The van der Waals surface area contributed by atoms with Crippen LogP contribution in [-0.4, -0.2) is 135 Å². The number of carboxylic acids is 4. The fraction of sp³-hybridized carbons (Fsp3) is 0.278. The van der Waals surface area contributed by atoms with Gasteiger partial charge in [0.15, 0.2) is 0 Å². The average molecular weight is 1450 g/mol. The van der Waals surface area contributed by atoms with Crippen molar-refractivity contribution in [1.29, 1.82) is 0 Å². The van der Waals surface area contributed by atoms with E-state index in [-0.39, 0.29) is 61.2 Å². The molecule has 0 aromatic heterocycles. The van der Waals surface area contributed by atoms with Gasteiger partial charge in [0.25, 0.3) is 47.3 Å². The molecule has 8 aromatic carbocycles. The number of carbonyl (C=O) groups is 12. The summed E-state index contributed by atoms with van der Waals surface area (Å²) in [6.45, 7) is 20.4. The van der Waals surface area contributed by atoms with Crippen molar-refractivity contribution in [3.8, 4) is 0 Å². The van der Waals surface area contributed by atoms with Crippen LogP contribution in [-0.2, 0) is 58.1 Å². The summed E-state index contributed by atoms with van der Waals surface area (Å²) in [6.07, 6.45) is 0. The Morgan fingerprint density at radius 2 is 0.426 bits per heavy atom. The Bertz CT molecular complexity index is 3980. The first-order valence-electron chi connectivity index (χ1n) is 29.4. The van der Waals surface area contributed by atoms with Crippen LogP contribution in [0.3, 0.4) is 0 Å². The number of amides is 8. The van der Waals surface area contributed by atoms with E-state index in [0.29, 0.717) is 43.8 Å². The molecule has 4 atom stereocenters. The van der Waals surface area contributed by atoms with Crippen LogP contribution in [0.4, 0.5) is 0 Å². The Morgan fingerprint density at radius 3 is 0.574 bits per heavy atom. The van der Waals surface area contributed by atoms with Crippen molar-refractivity contribution in [3.63, 3.8) is 0 Å². The maximum Gasteiger partial charge on any atom is 0.327 e. The molecule has 22 heteroatoms. The molecule has 8 aromatic rings. The predicted octanol–water partition coefficient (Wildman–Crippen LogP) is 11.7. The number of benzene rings is 8. The molecule has 12 rings (SSSR count). The zero-order valence-corrected chi connectivity index (χ0v) is 56.6. The maximum atomic E-state index is 12.9. The summed E-state index contributed by atoms with van der Waals surface area (Å²) in [5.41, 5.74) is -0.824. The Kier molecular flexibility index (Phi) is 20.3. The van der Waals surface area contributed by atoms with Gasteiger partial charge < -0.3 is 20.4 Å². The van der Waals surface area contributed by atoms with Gasteiger partial charge in [-0.3, -0.25) is 58.0 Å². The first-order valence-corrected chi connectivity index (χ1v) is 29.4. The first kappa shape index (κ1) is 71.9. The minimum atomic E-state index is -1.21. The summed E-state index contributed by atoms with van der Waals surface area (Å²) < 4.78 is 0. The first-order chi connectivity index (χ1) is 42.9. The SMILES string of the molecule is CC(C)(C)[C@@H](C(=O)O)N1C(=O)c2ccc3ccccc3c2C1=O.CC(C)(C)[C@@H](C(=O)O)N1C(=O)c2ccc3ccccc3c2C1=O.CC(C)(C)[C@@H](C(=O)O)N1C(=O)c2ccc3ccccc3c2C1=O.CC(C)(C)[C@@H](C(=O)O)N1C(=O)c2ccc3ccccc3c2C1=O.[Rh].[Rh]. The summed E-state index contributed by atoms with van der Waals surface area (Å²) in [4.78, 5) is 152. The molecule has 0 fully saturated rings. The van der Waals surface area contributed by atoms with Crippen molar-refractivity contribution in [3.05, 3.63) is 190 Å². The average Bonchev–Trinajstić information content (AvgIpc) is 1.61. The van der Waals surface area contributed by atoms with Crippen molar-refractivity contribution < 1.29 is 117 Å². The molecule has 4 heterocycles. The number of carbonyl (C=O) groups excluding carboxylic acids is 8. The topological polar surface area (TPSA) is 299 Å². The molecular formula is C72H68N4O16Rh2. The van der Waals surface area contributed by atoms with E-state index < -0.39 is 117 Å². The van der Waals surface area contributed by atoms with E-state index in [9.17, 15) is 78.0 Å². The van der Waals surface area contributed by atoms with Crippen molar-refractivity contribution in [2.45, 2.75) is 107 Å². The Morgan fingerprint density at radius 1 is 0.266 bits per heavy atom. The number of hydrogen-bond donors (Lipinski definition) is 4. The minimum Gasteiger partial charge on any atom is -0.480 e. The molecular weight excluding hydrogens is 1380 g/mol. The number of aliphatic carboxylic acids is 4. The van der Waals surface area contributed by atoms with Gasteiger partial charge in [-0.15, -0.1) is 0 Å². The van der Waals surface area contributed by atoms with Gasteiger partial charge in [-0.25, -0.2) is 19.2 Å². The number of hydrogen-bond acceptors (Lipinski definition) is 12. The van der Waals surface area contributed by atoms with Gasteiger partial charge in [0.2, 0.25) is 0 Å². The number of fused-ring (bicyclic) bond motifs is 12. The molecule has 94 heavy (non-hydrogen) atoms. The number of nitrogens with zero attached hydrogens (tertiary/aromatic N) is 4. The van der Waals surface area contributed by atoms with E-state index in [1.165, 1.54) is 0 Å². The molecule has 0 aliphatic carbocycles. The van der Waals surface area contributed by atoms with Crippen LogP contribution >= 0.6 is 0 Å². The van der Waals surface area contributed by atoms with Crippen molar-refractivity contribution in [2.24, 2.45) is 21.7 Å². The summed E-state index contributed by atoms with van der Waals surface area (Å²) in [5, 5.41) is 44.3. The normalized spacial score (nSPS) is 15.5. The molecule has 20 nitrogen and oxygen atoms in total. The molecule has 2 radical (unpaired) electrons. The molecule has 0 saturated heterocycles. The second kappa shape index (κ2) is 26.5. The quantitative estimate of drug-likeness (QED) is 0.0812. The summed E-state index contributed by atoms with van der Waals surface area (Å²) in [5.74, 6) is -9.06. The largest absolute Gasteiger partial charge is 0.480 e. The fourth-order valence-corrected chi connectivity index (χ4v) is 12.5. The third-order valence-electron chi connectivity index (χ3n) is 16.5. The zero-order chi connectivity index (χ0) is 67.8.